The zero-order valence-corrected chi connectivity index (χ0v) is 43.1. The Hall–Kier alpha value is -5.46. The molecular formula is C51H81N5O17. The van der Waals surface area contributed by atoms with Gasteiger partial charge in [0.25, 0.3) is 0 Å². The molecule has 0 aromatic heterocycles. The molecule has 0 saturated heterocycles. The molecular weight excluding hydrogens is 955 g/mol. The van der Waals surface area contributed by atoms with Crippen LogP contribution in [-0.2, 0) is 84.5 Å². The molecule has 0 radical (unpaired) electrons. The van der Waals surface area contributed by atoms with Gasteiger partial charge >= 0.3 is 18.2 Å². The molecule has 73 heavy (non-hydrogen) atoms. The van der Waals surface area contributed by atoms with Crippen LogP contribution in [0.15, 0.2) is 60.7 Å². The third-order valence-corrected chi connectivity index (χ3v) is 9.57. The van der Waals surface area contributed by atoms with E-state index in [4.69, 9.17) is 52.1 Å². The number of nitrogens with one attached hydrogen (secondary N) is 5. The van der Waals surface area contributed by atoms with E-state index in [9.17, 15) is 28.8 Å². The number of hydrogen-bond acceptors (Lipinski definition) is 17. The molecule has 0 spiro atoms. The van der Waals surface area contributed by atoms with E-state index in [-0.39, 0.29) is 135 Å². The molecule has 22 nitrogen and oxygen atoms in total. The van der Waals surface area contributed by atoms with Crippen LogP contribution in [0.5, 0.6) is 0 Å². The average Bonchev–Trinajstić information content (AvgIpc) is 3.37. The molecule has 5 N–H and O–H groups in total. The Balaban J connectivity index is 1.57. The summed E-state index contributed by atoms with van der Waals surface area (Å²) in [6.07, 6.45) is 0.721. The highest BCUT2D eigenvalue weighted by molar-refractivity contribution is 5.87. The Morgan fingerprint density at radius 2 is 0.836 bits per heavy atom. The summed E-state index contributed by atoms with van der Waals surface area (Å²) in [7, 11) is 0. The van der Waals surface area contributed by atoms with Gasteiger partial charge in [0.05, 0.1) is 112 Å². The van der Waals surface area contributed by atoms with Crippen molar-refractivity contribution in [1.29, 1.82) is 0 Å². The number of benzene rings is 2. The third kappa shape index (κ3) is 39.7. The van der Waals surface area contributed by atoms with Gasteiger partial charge in [-0.25, -0.2) is 9.59 Å². The van der Waals surface area contributed by atoms with Gasteiger partial charge in [-0.05, 0) is 51.2 Å². The molecule has 2 aromatic rings. The van der Waals surface area contributed by atoms with Crippen molar-refractivity contribution in [2.24, 2.45) is 0 Å². The zero-order valence-electron chi connectivity index (χ0n) is 43.1. The summed E-state index contributed by atoms with van der Waals surface area (Å²) in [5.74, 6) is -1.22. The number of carbonyl (C=O) groups excluding carboxylic acids is 6. The minimum absolute atomic E-state index is 0.0177. The van der Waals surface area contributed by atoms with E-state index in [2.05, 4.69) is 26.6 Å². The quantitative estimate of drug-likeness (QED) is 0.0362. The highest BCUT2D eigenvalue weighted by Crippen LogP contribution is 2.08. The summed E-state index contributed by atoms with van der Waals surface area (Å²) in [5, 5.41) is 13.7. The van der Waals surface area contributed by atoms with Crippen LogP contribution in [0.2, 0.25) is 0 Å². The minimum atomic E-state index is -0.822. The molecule has 412 valence electrons. The lowest BCUT2D eigenvalue weighted by molar-refractivity contribution is -0.156. The smallest absolute Gasteiger partial charge is 0.407 e. The van der Waals surface area contributed by atoms with Crippen molar-refractivity contribution in [2.45, 2.75) is 84.2 Å². The summed E-state index contributed by atoms with van der Waals surface area (Å²) in [5.41, 5.74) is 1.25. The van der Waals surface area contributed by atoms with E-state index >= 15 is 0 Å². The van der Waals surface area contributed by atoms with Gasteiger partial charge in [0, 0.05) is 39.0 Å². The van der Waals surface area contributed by atoms with Crippen molar-refractivity contribution in [1.82, 2.24) is 26.6 Å². The predicted molar refractivity (Wildman–Crippen MR) is 267 cm³/mol. The van der Waals surface area contributed by atoms with Gasteiger partial charge in [0.15, 0.2) is 0 Å². The number of ether oxygens (including phenoxy) is 11. The number of alkyl carbamates (subject to hydrolysis) is 2. The molecule has 5 amide bonds. The van der Waals surface area contributed by atoms with Gasteiger partial charge in [0.2, 0.25) is 17.7 Å². The lowest BCUT2D eigenvalue weighted by Crippen LogP contribution is -2.47. The van der Waals surface area contributed by atoms with Gasteiger partial charge in [-0.1, -0.05) is 60.7 Å². The monoisotopic (exact) mass is 1040 g/mol. The van der Waals surface area contributed by atoms with Crippen LogP contribution < -0.4 is 26.6 Å². The van der Waals surface area contributed by atoms with Gasteiger partial charge in [-0.2, -0.15) is 0 Å². The zero-order chi connectivity index (χ0) is 52.9. The highest BCUT2D eigenvalue weighted by atomic mass is 16.6. The van der Waals surface area contributed by atoms with E-state index in [1.165, 1.54) is 0 Å². The normalized spacial score (nSPS) is 11.5. The average molecular weight is 1040 g/mol. The van der Waals surface area contributed by atoms with Gasteiger partial charge in [-0.3, -0.25) is 19.2 Å². The maximum atomic E-state index is 13.2. The molecule has 22 heteroatoms. The third-order valence-electron chi connectivity index (χ3n) is 9.57. The number of esters is 1. The number of hydrogen-bond donors (Lipinski definition) is 5. The molecule has 0 saturated carbocycles. The maximum Gasteiger partial charge on any atom is 0.407 e. The number of unbranched alkanes of at least 4 members (excludes halogenated alkanes) is 1. The Bertz CT molecular complexity index is 1760. The number of carbonyl (C=O) groups is 6. The van der Waals surface area contributed by atoms with Crippen LogP contribution in [0.1, 0.15) is 70.4 Å². The van der Waals surface area contributed by atoms with Crippen LogP contribution in [0, 0.1) is 0 Å². The number of amides is 5. The van der Waals surface area contributed by atoms with E-state index in [0.717, 1.165) is 11.1 Å². The van der Waals surface area contributed by atoms with Crippen molar-refractivity contribution in [3.8, 4) is 0 Å². The van der Waals surface area contributed by atoms with E-state index in [1.54, 1.807) is 0 Å². The molecule has 1 atom stereocenters. The summed E-state index contributed by atoms with van der Waals surface area (Å²) < 4.78 is 59.4. The summed E-state index contributed by atoms with van der Waals surface area (Å²) in [6, 6.07) is 17.9. The van der Waals surface area contributed by atoms with Crippen LogP contribution >= 0.6 is 0 Å². The molecule has 2 aromatic carbocycles. The van der Waals surface area contributed by atoms with Crippen molar-refractivity contribution < 1.29 is 80.9 Å². The van der Waals surface area contributed by atoms with Gasteiger partial charge in [-0.15, -0.1) is 0 Å². The lowest BCUT2D eigenvalue weighted by Gasteiger charge is -2.19. The fourth-order valence-electron chi connectivity index (χ4n) is 5.98. The molecule has 0 aliphatic heterocycles. The first-order valence-corrected chi connectivity index (χ1v) is 25.0. The van der Waals surface area contributed by atoms with Crippen LogP contribution in [-0.4, -0.2) is 179 Å². The van der Waals surface area contributed by atoms with Crippen molar-refractivity contribution >= 4 is 35.9 Å². The molecule has 0 aliphatic carbocycles. The topological polar surface area (TPSA) is 264 Å². The van der Waals surface area contributed by atoms with Gasteiger partial charge in [0.1, 0.15) is 24.9 Å². The minimum Gasteiger partial charge on any atom is -0.460 e. The Morgan fingerprint density at radius 1 is 0.438 bits per heavy atom. The molecule has 0 aliphatic rings. The fraction of sp³-hybridized carbons (Fsp3) is 0.647. The summed E-state index contributed by atoms with van der Waals surface area (Å²) in [4.78, 5) is 73.8. The summed E-state index contributed by atoms with van der Waals surface area (Å²) >= 11 is 0. The van der Waals surface area contributed by atoms with Crippen LogP contribution in [0.25, 0.3) is 0 Å². The largest absolute Gasteiger partial charge is 0.460 e. The first-order chi connectivity index (χ1) is 35.4. The van der Waals surface area contributed by atoms with Crippen LogP contribution in [0.3, 0.4) is 0 Å². The van der Waals surface area contributed by atoms with E-state index in [0.29, 0.717) is 72.1 Å². The standard InChI is InChI=1S/C51H81N5O17/c1-51(2,3)73-47(59)19-26-65-32-36-69-38-39-70-37-35-66-27-21-53-48(60)44(56-46(58)18-25-64-31-34-68-29-23-55-50(62)72-41-43-14-8-5-9-15-43)16-10-11-20-52-45(57)17-24-63-30-33-67-28-22-54-49(61)71-40-42-12-6-4-7-13-42/h4-9,12-15,44H,10-11,16-41H2,1-3H3,(H,52,57)(H,53,60)(H,54,61)(H,55,62)(H,56,58). The SMILES string of the molecule is CC(C)(C)OC(=O)CCOCCOCCOCCOCCNC(=O)C(CCCCNC(=O)CCOCCOCCNC(=O)OCc1ccccc1)NC(=O)CCOCCOCCNC(=O)OCc1ccccc1. The molecule has 1 unspecified atom stereocenters. The second-order valence-corrected chi connectivity index (χ2v) is 17.0. The van der Waals surface area contributed by atoms with E-state index < -0.39 is 23.8 Å². The first-order valence-electron chi connectivity index (χ1n) is 25.0. The molecule has 0 heterocycles. The second kappa shape index (κ2) is 43.0. The summed E-state index contributed by atoms with van der Waals surface area (Å²) in [6.45, 7) is 11.4. The molecule has 0 bridgehead atoms. The number of rotatable bonds is 44. The highest BCUT2D eigenvalue weighted by Gasteiger charge is 2.20. The van der Waals surface area contributed by atoms with Crippen LogP contribution in [0.4, 0.5) is 9.59 Å². The predicted octanol–water partition coefficient (Wildman–Crippen LogP) is 3.37. The fourth-order valence-corrected chi connectivity index (χ4v) is 5.98. The lowest BCUT2D eigenvalue weighted by atomic mass is 10.1. The van der Waals surface area contributed by atoms with Crippen molar-refractivity contribution in [3.63, 3.8) is 0 Å². The Kier molecular flexibility index (Phi) is 37.5. The van der Waals surface area contributed by atoms with Crippen molar-refractivity contribution in [3.05, 3.63) is 71.8 Å². The first kappa shape index (κ1) is 63.7. The second-order valence-electron chi connectivity index (χ2n) is 17.0. The Morgan fingerprint density at radius 3 is 1.29 bits per heavy atom. The van der Waals surface area contributed by atoms with Gasteiger partial charge < -0.3 is 78.7 Å². The molecule has 0 fully saturated rings. The van der Waals surface area contributed by atoms with E-state index in [1.807, 2.05) is 81.4 Å². The Labute approximate surface area is 430 Å². The maximum absolute atomic E-state index is 13.2. The van der Waals surface area contributed by atoms with Crippen molar-refractivity contribution in [2.75, 3.05) is 132 Å². The molecule has 2 rings (SSSR count).